The van der Waals surface area contributed by atoms with Crippen molar-refractivity contribution in [3.05, 3.63) is 0 Å². The first-order valence-corrected chi connectivity index (χ1v) is 7.46. The molecule has 2 unspecified atom stereocenters. The third kappa shape index (κ3) is 3.72. The Morgan fingerprint density at radius 3 is 2.50 bits per heavy atom. The Hall–Kier alpha value is -1.10. The molecule has 1 saturated heterocycles. The smallest absolute Gasteiger partial charge is 0.310 e. The van der Waals surface area contributed by atoms with Crippen LogP contribution in [0.4, 0.5) is 0 Å². The van der Waals surface area contributed by atoms with Gasteiger partial charge >= 0.3 is 5.97 Å². The maximum Gasteiger partial charge on any atom is 0.310 e. The summed E-state index contributed by atoms with van der Waals surface area (Å²) in [7, 11) is 0. The van der Waals surface area contributed by atoms with E-state index in [0.29, 0.717) is 13.0 Å². The van der Waals surface area contributed by atoms with Gasteiger partial charge in [-0.3, -0.25) is 9.59 Å². The van der Waals surface area contributed by atoms with E-state index in [1.807, 2.05) is 13.8 Å². The van der Waals surface area contributed by atoms with E-state index in [1.165, 1.54) is 0 Å². The number of carboxylic acid groups (broad SMARTS) is 1. The molecule has 0 aromatic carbocycles. The van der Waals surface area contributed by atoms with Crippen LogP contribution >= 0.6 is 0 Å². The number of carbonyl (C=O) groups excluding carboxylic acids is 1. The highest BCUT2D eigenvalue weighted by Crippen LogP contribution is 2.33. The zero-order chi connectivity index (χ0) is 15.3. The van der Waals surface area contributed by atoms with Gasteiger partial charge in [-0.2, -0.15) is 0 Å². The van der Waals surface area contributed by atoms with E-state index >= 15 is 0 Å². The average molecular weight is 285 g/mol. The third-order valence-electron chi connectivity index (χ3n) is 4.69. The molecular weight excluding hydrogens is 258 g/mol. The molecule has 0 aromatic rings. The van der Waals surface area contributed by atoms with E-state index in [1.54, 1.807) is 11.8 Å². The van der Waals surface area contributed by atoms with Gasteiger partial charge in [-0.25, -0.2) is 0 Å². The summed E-state index contributed by atoms with van der Waals surface area (Å²) in [6.07, 6.45) is 3.53. The van der Waals surface area contributed by atoms with Gasteiger partial charge in [0.05, 0.1) is 5.41 Å². The van der Waals surface area contributed by atoms with Gasteiger partial charge in [0, 0.05) is 25.6 Å². The molecule has 0 saturated carbocycles. The molecule has 0 aliphatic carbocycles. The van der Waals surface area contributed by atoms with Gasteiger partial charge in [0.15, 0.2) is 0 Å². The second kappa shape index (κ2) is 7.07. The van der Waals surface area contributed by atoms with Gasteiger partial charge < -0.3 is 15.1 Å². The average Bonchev–Trinajstić information content (AvgIpc) is 2.39. The number of aliphatic hydroxyl groups is 1. The van der Waals surface area contributed by atoms with Crippen molar-refractivity contribution >= 4 is 11.9 Å². The summed E-state index contributed by atoms with van der Waals surface area (Å²) in [4.78, 5) is 25.7. The third-order valence-corrected chi connectivity index (χ3v) is 4.69. The van der Waals surface area contributed by atoms with Crippen molar-refractivity contribution in [3.8, 4) is 0 Å². The van der Waals surface area contributed by atoms with Crippen LogP contribution in [0.25, 0.3) is 0 Å². The molecule has 116 valence electrons. The van der Waals surface area contributed by atoms with Crippen LogP contribution in [0.15, 0.2) is 0 Å². The highest BCUT2D eigenvalue weighted by molar-refractivity contribution is 5.85. The van der Waals surface area contributed by atoms with Crippen LogP contribution in [0.1, 0.15) is 52.9 Å². The number of hydrogen-bond acceptors (Lipinski definition) is 3. The second-order valence-corrected chi connectivity index (χ2v) is 6.30. The SMILES string of the molecule is CC(C)C(C)(CC(=O)N1CCCCC1CCO)C(=O)O. The predicted octanol–water partition coefficient (Wildman–Crippen LogP) is 1.89. The number of amides is 1. The Kier molecular flexibility index (Phi) is 5.99. The molecule has 1 heterocycles. The van der Waals surface area contributed by atoms with Crippen LogP contribution in [0.5, 0.6) is 0 Å². The lowest BCUT2D eigenvalue weighted by Gasteiger charge is -2.38. The van der Waals surface area contributed by atoms with E-state index in [-0.39, 0.29) is 30.9 Å². The van der Waals surface area contributed by atoms with Crippen molar-refractivity contribution in [2.45, 2.75) is 58.9 Å². The van der Waals surface area contributed by atoms with E-state index in [0.717, 1.165) is 19.3 Å². The minimum atomic E-state index is -1.03. The van der Waals surface area contributed by atoms with Gasteiger partial charge in [-0.15, -0.1) is 0 Å². The Bertz CT molecular complexity index is 354. The van der Waals surface area contributed by atoms with Crippen molar-refractivity contribution in [1.82, 2.24) is 4.90 Å². The molecule has 1 aliphatic rings. The first kappa shape index (κ1) is 17.0. The molecular formula is C15H27NO4. The molecule has 0 radical (unpaired) electrons. The summed E-state index contributed by atoms with van der Waals surface area (Å²) in [6.45, 7) is 6.06. The Labute approximate surface area is 121 Å². The maximum absolute atomic E-state index is 12.5. The van der Waals surface area contributed by atoms with Gasteiger partial charge in [0.1, 0.15) is 0 Å². The summed E-state index contributed by atoms with van der Waals surface area (Å²) >= 11 is 0. The number of aliphatic carboxylic acids is 1. The summed E-state index contributed by atoms with van der Waals surface area (Å²) < 4.78 is 0. The van der Waals surface area contributed by atoms with Crippen molar-refractivity contribution in [3.63, 3.8) is 0 Å². The molecule has 1 amide bonds. The number of aliphatic hydroxyl groups excluding tert-OH is 1. The molecule has 20 heavy (non-hydrogen) atoms. The molecule has 0 spiro atoms. The van der Waals surface area contributed by atoms with Crippen molar-refractivity contribution in [2.24, 2.45) is 11.3 Å². The van der Waals surface area contributed by atoms with Crippen molar-refractivity contribution < 1.29 is 19.8 Å². The molecule has 0 bridgehead atoms. The van der Waals surface area contributed by atoms with E-state index in [2.05, 4.69) is 0 Å². The fourth-order valence-electron chi connectivity index (χ4n) is 2.72. The normalized spacial score (nSPS) is 22.6. The predicted molar refractivity (Wildman–Crippen MR) is 76.3 cm³/mol. The highest BCUT2D eigenvalue weighted by Gasteiger charge is 2.41. The summed E-state index contributed by atoms with van der Waals surface area (Å²) in [5.74, 6) is -1.12. The molecule has 5 nitrogen and oxygen atoms in total. The second-order valence-electron chi connectivity index (χ2n) is 6.30. The number of nitrogens with zero attached hydrogens (tertiary/aromatic N) is 1. The van der Waals surface area contributed by atoms with Gasteiger partial charge in [-0.05, 0) is 38.5 Å². The van der Waals surface area contributed by atoms with Crippen LogP contribution in [0, 0.1) is 11.3 Å². The van der Waals surface area contributed by atoms with Crippen LogP contribution in [0.2, 0.25) is 0 Å². The Morgan fingerprint density at radius 1 is 1.35 bits per heavy atom. The van der Waals surface area contributed by atoms with Gasteiger partial charge in [0.25, 0.3) is 0 Å². The van der Waals surface area contributed by atoms with Crippen molar-refractivity contribution in [2.75, 3.05) is 13.2 Å². The largest absolute Gasteiger partial charge is 0.481 e. The minimum absolute atomic E-state index is 0.0297. The van der Waals surface area contributed by atoms with Crippen LogP contribution in [-0.4, -0.2) is 46.2 Å². The number of piperidine rings is 1. The van der Waals surface area contributed by atoms with E-state index in [9.17, 15) is 14.7 Å². The van der Waals surface area contributed by atoms with E-state index < -0.39 is 11.4 Å². The fraction of sp³-hybridized carbons (Fsp3) is 0.867. The Balaban J connectivity index is 2.79. The van der Waals surface area contributed by atoms with Crippen LogP contribution < -0.4 is 0 Å². The molecule has 2 atom stereocenters. The molecule has 1 rings (SSSR count). The lowest BCUT2D eigenvalue weighted by atomic mass is 9.76. The molecule has 5 heteroatoms. The quantitative estimate of drug-likeness (QED) is 0.781. The van der Waals surface area contributed by atoms with Crippen LogP contribution in [0.3, 0.4) is 0 Å². The van der Waals surface area contributed by atoms with Crippen molar-refractivity contribution in [1.29, 1.82) is 0 Å². The lowest BCUT2D eigenvalue weighted by Crippen LogP contribution is -2.47. The highest BCUT2D eigenvalue weighted by atomic mass is 16.4. The monoisotopic (exact) mass is 285 g/mol. The number of rotatable bonds is 6. The minimum Gasteiger partial charge on any atom is -0.481 e. The molecule has 2 N–H and O–H groups in total. The zero-order valence-corrected chi connectivity index (χ0v) is 12.8. The van der Waals surface area contributed by atoms with Gasteiger partial charge in [-0.1, -0.05) is 13.8 Å². The first-order chi connectivity index (χ1) is 9.32. The summed E-state index contributed by atoms with van der Waals surface area (Å²) in [5.41, 5.74) is -1.03. The number of carbonyl (C=O) groups is 2. The number of carboxylic acids is 1. The molecule has 0 aromatic heterocycles. The molecule has 1 fully saturated rings. The summed E-state index contributed by atoms with van der Waals surface area (Å²) in [6, 6.07) is 0.0615. The van der Waals surface area contributed by atoms with Crippen LogP contribution in [-0.2, 0) is 9.59 Å². The Morgan fingerprint density at radius 2 is 2.00 bits per heavy atom. The maximum atomic E-state index is 12.5. The first-order valence-electron chi connectivity index (χ1n) is 7.46. The topological polar surface area (TPSA) is 77.8 Å². The van der Waals surface area contributed by atoms with E-state index in [4.69, 9.17) is 5.11 Å². The number of hydrogen-bond donors (Lipinski definition) is 2. The van der Waals surface area contributed by atoms with Gasteiger partial charge in [0.2, 0.25) is 5.91 Å². The number of likely N-dealkylation sites (tertiary alicyclic amines) is 1. The molecule has 1 aliphatic heterocycles. The zero-order valence-electron chi connectivity index (χ0n) is 12.8. The summed E-state index contributed by atoms with van der Waals surface area (Å²) in [5, 5.41) is 18.5. The standard InChI is InChI=1S/C15H27NO4/c1-11(2)15(3,14(19)20)10-13(18)16-8-5-4-6-12(16)7-9-17/h11-12,17H,4-10H2,1-3H3,(H,19,20). The fourth-order valence-corrected chi connectivity index (χ4v) is 2.72. The lowest BCUT2D eigenvalue weighted by molar-refractivity contribution is -0.156.